The summed E-state index contributed by atoms with van der Waals surface area (Å²) in [5, 5.41) is 0. The molecule has 2 aliphatic rings. The lowest BCUT2D eigenvalue weighted by Gasteiger charge is -2.41. The Morgan fingerprint density at radius 3 is 1.77 bits per heavy atom. The Kier molecular flexibility index (Phi) is 9.12. The van der Waals surface area contributed by atoms with Crippen LogP contribution in [0.5, 0.6) is 0 Å². The molecule has 0 spiro atoms. The van der Waals surface area contributed by atoms with Crippen LogP contribution in [0.25, 0.3) is 0 Å². The average Bonchev–Trinajstić information content (AvgIpc) is 2.99. The molecule has 1 amide bonds. The summed E-state index contributed by atoms with van der Waals surface area (Å²) in [5.41, 5.74) is 3.69. The van der Waals surface area contributed by atoms with Crippen molar-refractivity contribution < 1.29 is 13.2 Å². The number of sulfonamides is 1. The van der Waals surface area contributed by atoms with Gasteiger partial charge in [0.25, 0.3) is 0 Å². The molecule has 2 heterocycles. The molecular formula is C32H39N3O3S. The lowest BCUT2D eigenvalue weighted by Crippen LogP contribution is -2.52. The second-order valence-electron chi connectivity index (χ2n) is 10.7. The molecule has 39 heavy (non-hydrogen) atoms. The van der Waals surface area contributed by atoms with Crippen molar-refractivity contribution in [3.63, 3.8) is 0 Å². The minimum Gasteiger partial charge on any atom is -0.340 e. The summed E-state index contributed by atoms with van der Waals surface area (Å²) in [6.45, 7) is 3.91. The minimum atomic E-state index is -3.30. The number of carbonyl (C=O) groups excluding carboxylic acids is 1. The molecule has 3 aromatic rings. The van der Waals surface area contributed by atoms with Gasteiger partial charge in [0, 0.05) is 45.2 Å². The van der Waals surface area contributed by atoms with E-state index in [1.54, 1.807) is 4.31 Å². The predicted octanol–water partition coefficient (Wildman–Crippen LogP) is 4.59. The van der Waals surface area contributed by atoms with Crippen molar-refractivity contribution in [2.45, 2.75) is 31.7 Å². The van der Waals surface area contributed by atoms with Crippen molar-refractivity contribution in [1.82, 2.24) is 14.1 Å². The quantitative estimate of drug-likeness (QED) is 0.395. The Bertz CT molecular complexity index is 1250. The average molecular weight is 546 g/mol. The molecule has 0 aromatic heterocycles. The van der Waals surface area contributed by atoms with Crippen LogP contribution in [-0.2, 0) is 21.2 Å². The lowest BCUT2D eigenvalue weighted by atomic mass is 9.95. The van der Waals surface area contributed by atoms with Crippen molar-refractivity contribution >= 4 is 15.9 Å². The number of hydrogen-bond donors (Lipinski definition) is 0. The zero-order valence-electron chi connectivity index (χ0n) is 22.6. The first kappa shape index (κ1) is 27.6. The van der Waals surface area contributed by atoms with Crippen LogP contribution in [0.1, 0.15) is 42.0 Å². The third-order valence-corrected chi connectivity index (χ3v) is 10.1. The number of nitrogens with zero attached hydrogens (tertiary/aromatic N) is 3. The maximum atomic E-state index is 13.4. The highest BCUT2D eigenvalue weighted by Gasteiger charge is 2.35. The van der Waals surface area contributed by atoms with Gasteiger partial charge in [-0.15, -0.1) is 0 Å². The second-order valence-corrected chi connectivity index (χ2v) is 12.8. The van der Waals surface area contributed by atoms with Crippen LogP contribution in [0.15, 0.2) is 91.0 Å². The van der Waals surface area contributed by atoms with Crippen LogP contribution < -0.4 is 0 Å². The molecular weight excluding hydrogens is 506 g/mol. The van der Waals surface area contributed by atoms with Crippen LogP contribution in [0.2, 0.25) is 0 Å². The van der Waals surface area contributed by atoms with E-state index in [9.17, 15) is 13.2 Å². The summed E-state index contributed by atoms with van der Waals surface area (Å²) >= 11 is 0. The van der Waals surface area contributed by atoms with Gasteiger partial charge in [-0.1, -0.05) is 91.0 Å². The van der Waals surface area contributed by atoms with Crippen molar-refractivity contribution in [3.8, 4) is 0 Å². The predicted molar refractivity (Wildman–Crippen MR) is 156 cm³/mol. The van der Waals surface area contributed by atoms with Gasteiger partial charge >= 0.3 is 0 Å². The van der Waals surface area contributed by atoms with Crippen molar-refractivity contribution in [2.75, 3.05) is 45.0 Å². The smallest absolute Gasteiger partial charge is 0.225 e. The highest BCUT2D eigenvalue weighted by molar-refractivity contribution is 7.89. The van der Waals surface area contributed by atoms with E-state index >= 15 is 0 Å². The number of benzene rings is 3. The molecule has 0 atom stereocenters. The Morgan fingerprint density at radius 1 is 0.718 bits per heavy atom. The van der Waals surface area contributed by atoms with Gasteiger partial charge in [0.15, 0.2) is 0 Å². The fourth-order valence-corrected chi connectivity index (χ4v) is 7.49. The maximum Gasteiger partial charge on any atom is 0.225 e. The molecule has 0 unspecified atom stereocenters. The SMILES string of the molecule is O=C(C1CCN(S(=O)(=O)CCCc2ccccc2)CC1)N1CCN(C(c2ccccc2)c2ccccc2)CC1. The van der Waals surface area contributed by atoms with Gasteiger partial charge in [0.05, 0.1) is 11.8 Å². The molecule has 0 N–H and O–H groups in total. The molecule has 5 rings (SSSR count). The zero-order valence-corrected chi connectivity index (χ0v) is 23.4. The van der Waals surface area contributed by atoms with Crippen molar-refractivity contribution in [2.24, 2.45) is 5.92 Å². The fraction of sp³-hybridized carbons (Fsp3) is 0.406. The molecule has 206 valence electrons. The van der Waals surface area contributed by atoms with Crippen molar-refractivity contribution in [3.05, 3.63) is 108 Å². The zero-order chi connectivity index (χ0) is 27.1. The summed E-state index contributed by atoms with van der Waals surface area (Å²) < 4.78 is 27.4. The normalized spacial score (nSPS) is 17.9. The maximum absolute atomic E-state index is 13.4. The van der Waals surface area contributed by atoms with E-state index in [1.165, 1.54) is 11.1 Å². The molecule has 2 aliphatic heterocycles. The Morgan fingerprint density at radius 2 is 1.23 bits per heavy atom. The highest BCUT2D eigenvalue weighted by Crippen LogP contribution is 2.30. The van der Waals surface area contributed by atoms with Crippen LogP contribution >= 0.6 is 0 Å². The molecule has 6 nitrogen and oxygen atoms in total. The summed E-state index contributed by atoms with van der Waals surface area (Å²) in [6.07, 6.45) is 2.58. The van der Waals surface area contributed by atoms with E-state index in [0.29, 0.717) is 45.4 Å². The van der Waals surface area contributed by atoms with E-state index in [1.807, 2.05) is 47.4 Å². The molecule has 2 fully saturated rings. The molecule has 3 aromatic carbocycles. The van der Waals surface area contributed by atoms with E-state index in [0.717, 1.165) is 25.1 Å². The number of amides is 1. The van der Waals surface area contributed by atoms with Gasteiger partial charge in [0.2, 0.25) is 15.9 Å². The Balaban J connectivity index is 1.12. The van der Waals surface area contributed by atoms with Crippen LogP contribution in [0.4, 0.5) is 0 Å². The van der Waals surface area contributed by atoms with E-state index in [-0.39, 0.29) is 23.6 Å². The first-order valence-electron chi connectivity index (χ1n) is 14.2. The van der Waals surface area contributed by atoms with Crippen LogP contribution in [0.3, 0.4) is 0 Å². The highest BCUT2D eigenvalue weighted by atomic mass is 32.2. The summed E-state index contributed by atoms with van der Waals surface area (Å²) in [7, 11) is -3.30. The van der Waals surface area contributed by atoms with E-state index in [4.69, 9.17) is 0 Å². The first-order chi connectivity index (χ1) is 19.0. The molecule has 2 saturated heterocycles. The Labute approximate surface area is 233 Å². The van der Waals surface area contributed by atoms with Crippen LogP contribution in [-0.4, -0.2) is 73.5 Å². The van der Waals surface area contributed by atoms with Crippen molar-refractivity contribution in [1.29, 1.82) is 0 Å². The second kappa shape index (κ2) is 12.9. The van der Waals surface area contributed by atoms with E-state index in [2.05, 4.69) is 53.4 Å². The van der Waals surface area contributed by atoms with Gasteiger partial charge in [0.1, 0.15) is 0 Å². The third kappa shape index (κ3) is 6.96. The topological polar surface area (TPSA) is 60.9 Å². The fourth-order valence-electron chi connectivity index (χ4n) is 5.96. The van der Waals surface area contributed by atoms with E-state index < -0.39 is 10.0 Å². The summed E-state index contributed by atoms with van der Waals surface area (Å²) in [6, 6.07) is 31.3. The number of hydrogen-bond acceptors (Lipinski definition) is 4. The number of piperazine rings is 1. The third-order valence-electron chi connectivity index (χ3n) is 8.13. The largest absolute Gasteiger partial charge is 0.340 e. The number of piperidine rings is 1. The number of rotatable bonds is 9. The molecule has 0 radical (unpaired) electrons. The molecule has 0 aliphatic carbocycles. The first-order valence-corrected chi connectivity index (χ1v) is 15.8. The molecule has 0 bridgehead atoms. The number of carbonyl (C=O) groups is 1. The minimum absolute atomic E-state index is 0.0913. The van der Waals surface area contributed by atoms with Crippen LogP contribution in [0, 0.1) is 5.92 Å². The Hall–Kier alpha value is -3.00. The molecule has 0 saturated carbocycles. The van der Waals surface area contributed by atoms with Gasteiger partial charge in [-0.2, -0.15) is 0 Å². The van der Waals surface area contributed by atoms with Gasteiger partial charge in [-0.3, -0.25) is 9.69 Å². The monoisotopic (exact) mass is 545 g/mol. The van der Waals surface area contributed by atoms with Gasteiger partial charge < -0.3 is 4.90 Å². The van der Waals surface area contributed by atoms with Gasteiger partial charge in [-0.05, 0) is 42.4 Å². The molecule has 7 heteroatoms. The van der Waals surface area contributed by atoms with Gasteiger partial charge in [-0.25, -0.2) is 12.7 Å². The lowest BCUT2D eigenvalue weighted by molar-refractivity contribution is -0.138. The standard InChI is InChI=1S/C32H39N3O3S/c36-32(30-18-20-35(21-19-30)39(37,38)26-10-13-27-11-4-1-5-12-27)34-24-22-33(23-25-34)31(28-14-6-2-7-15-28)29-16-8-3-9-17-29/h1-9,11-12,14-17,30-31H,10,13,18-26H2. The number of aryl methyl sites for hydroxylation is 1. The summed E-state index contributed by atoms with van der Waals surface area (Å²) in [4.78, 5) is 17.9. The summed E-state index contributed by atoms with van der Waals surface area (Å²) in [5.74, 6) is 0.255.